The van der Waals surface area contributed by atoms with Gasteiger partial charge in [-0.05, 0) is 30.3 Å². The molecule has 2 heterocycles. The number of anilines is 2. The number of fused-ring (bicyclic) bond motifs is 1. The third-order valence-electron chi connectivity index (χ3n) is 2.76. The molecule has 0 saturated carbocycles. The van der Waals surface area contributed by atoms with E-state index < -0.39 is 5.91 Å². The molecule has 3 rings (SSSR count). The van der Waals surface area contributed by atoms with Crippen LogP contribution in [0, 0.1) is 5.82 Å². The fraction of sp³-hybridized carbons (Fsp3) is 0. The van der Waals surface area contributed by atoms with Gasteiger partial charge in [0.05, 0.1) is 17.3 Å². The van der Waals surface area contributed by atoms with Crippen LogP contribution in [0.4, 0.5) is 15.8 Å². The van der Waals surface area contributed by atoms with Crippen LogP contribution >= 0.6 is 0 Å². The van der Waals surface area contributed by atoms with Gasteiger partial charge < -0.3 is 11.1 Å². The zero-order valence-corrected chi connectivity index (χ0v) is 10.2. The number of amides is 1. The predicted octanol–water partition coefficient (Wildman–Crippen LogP) is 1.93. The lowest BCUT2D eigenvalue weighted by molar-refractivity contribution is 0.102. The normalized spacial score (nSPS) is 10.7. The molecule has 0 radical (unpaired) electrons. The van der Waals surface area contributed by atoms with Crippen molar-refractivity contribution >= 4 is 28.3 Å². The largest absolute Gasteiger partial charge is 0.397 e. The maximum absolute atomic E-state index is 12.8. The molecule has 4 N–H and O–H groups in total. The molecule has 1 aromatic carbocycles. The molecule has 3 aromatic rings. The van der Waals surface area contributed by atoms with Gasteiger partial charge in [-0.1, -0.05) is 0 Å². The lowest BCUT2D eigenvalue weighted by atomic mass is 10.2. The van der Waals surface area contributed by atoms with Gasteiger partial charge in [0.25, 0.3) is 5.91 Å². The number of rotatable bonds is 2. The first-order valence-electron chi connectivity index (χ1n) is 5.80. The molecule has 0 aliphatic heterocycles. The number of benzene rings is 1. The van der Waals surface area contributed by atoms with E-state index in [0.29, 0.717) is 22.4 Å². The van der Waals surface area contributed by atoms with Crippen molar-refractivity contribution < 1.29 is 9.18 Å². The number of H-pyrrole nitrogens is 1. The number of nitrogens with zero attached hydrogens (tertiary/aromatic N) is 2. The smallest absolute Gasteiger partial charge is 0.274 e. The first-order valence-corrected chi connectivity index (χ1v) is 5.80. The minimum atomic E-state index is -0.397. The second kappa shape index (κ2) is 4.61. The molecule has 100 valence electrons. The Morgan fingerprint density at radius 1 is 1.30 bits per heavy atom. The summed E-state index contributed by atoms with van der Waals surface area (Å²) in [5.74, 6) is -0.765. The minimum absolute atomic E-state index is 0.254. The number of nitrogens with one attached hydrogen (secondary N) is 2. The Bertz CT molecular complexity index is 781. The van der Waals surface area contributed by atoms with Crippen molar-refractivity contribution in [2.75, 3.05) is 11.1 Å². The maximum Gasteiger partial charge on any atom is 0.274 e. The SMILES string of the molecule is Nc1cnc2n[nH]c(C(=O)Nc3ccc(F)cc3)c2c1. The van der Waals surface area contributed by atoms with Crippen LogP contribution in [0.3, 0.4) is 0 Å². The molecule has 0 bridgehead atoms. The highest BCUT2D eigenvalue weighted by atomic mass is 19.1. The van der Waals surface area contributed by atoms with E-state index in [0.717, 1.165) is 0 Å². The number of aromatic nitrogens is 3. The van der Waals surface area contributed by atoms with Gasteiger partial charge in [-0.3, -0.25) is 9.89 Å². The average molecular weight is 271 g/mol. The van der Waals surface area contributed by atoms with E-state index in [4.69, 9.17) is 5.73 Å². The monoisotopic (exact) mass is 271 g/mol. The van der Waals surface area contributed by atoms with Crippen molar-refractivity contribution in [3.63, 3.8) is 0 Å². The second-order valence-electron chi connectivity index (χ2n) is 4.20. The van der Waals surface area contributed by atoms with Gasteiger partial charge in [0.1, 0.15) is 11.5 Å². The molecule has 0 spiro atoms. The van der Waals surface area contributed by atoms with Crippen LogP contribution in [0.15, 0.2) is 36.5 Å². The number of carbonyl (C=O) groups excluding carboxylic acids is 1. The zero-order chi connectivity index (χ0) is 14.1. The quantitative estimate of drug-likeness (QED) is 0.663. The summed E-state index contributed by atoms with van der Waals surface area (Å²) >= 11 is 0. The van der Waals surface area contributed by atoms with Crippen LogP contribution in [0.1, 0.15) is 10.5 Å². The van der Waals surface area contributed by atoms with Gasteiger partial charge in [0.2, 0.25) is 0 Å². The highest BCUT2D eigenvalue weighted by Crippen LogP contribution is 2.18. The van der Waals surface area contributed by atoms with Crippen molar-refractivity contribution in [3.05, 3.63) is 48.0 Å². The van der Waals surface area contributed by atoms with Crippen LogP contribution in [0.2, 0.25) is 0 Å². The standard InChI is InChI=1S/C13H10FN5O/c14-7-1-3-9(4-2-7)17-13(20)11-10-5-8(15)6-16-12(10)19-18-11/h1-6H,15H2,(H,17,20)(H,16,18,19). The van der Waals surface area contributed by atoms with Gasteiger partial charge >= 0.3 is 0 Å². The minimum Gasteiger partial charge on any atom is -0.397 e. The first kappa shape index (κ1) is 12.1. The highest BCUT2D eigenvalue weighted by Gasteiger charge is 2.14. The number of nitrogens with two attached hydrogens (primary N) is 1. The van der Waals surface area contributed by atoms with E-state index in [-0.39, 0.29) is 11.5 Å². The average Bonchev–Trinajstić information content (AvgIpc) is 2.84. The number of hydrogen-bond acceptors (Lipinski definition) is 4. The fourth-order valence-corrected chi connectivity index (χ4v) is 1.82. The van der Waals surface area contributed by atoms with E-state index in [2.05, 4.69) is 20.5 Å². The van der Waals surface area contributed by atoms with Crippen molar-refractivity contribution in [2.45, 2.75) is 0 Å². The first-order chi connectivity index (χ1) is 9.63. The highest BCUT2D eigenvalue weighted by molar-refractivity contribution is 6.10. The summed E-state index contributed by atoms with van der Waals surface area (Å²) in [6.07, 6.45) is 1.46. The topological polar surface area (TPSA) is 96.7 Å². The Balaban J connectivity index is 1.92. The number of nitrogen functional groups attached to an aromatic ring is 1. The van der Waals surface area contributed by atoms with Crippen LogP contribution < -0.4 is 11.1 Å². The summed E-state index contributed by atoms with van der Waals surface area (Å²) in [6, 6.07) is 7.09. The molecule has 0 saturated heterocycles. The van der Waals surface area contributed by atoms with Crippen LogP contribution in [-0.4, -0.2) is 21.1 Å². The summed E-state index contributed by atoms with van der Waals surface area (Å²) < 4.78 is 12.8. The summed E-state index contributed by atoms with van der Waals surface area (Å²) in [5, 5.41) is 9.71. The molecule has 0 aliphatic rings. The zero-order valence-electron chi connectivity index (χ0n) is 10.2. The molecule has 20 heavy (non-hydrogen) atoms. The van der Waals surface area contributed by atoms with E-state index in [1.54, 1.807) is 6.07 Å². The van der Waals surface area contributed by atoms with Crippen molar-refractivity contribution in [2.24, 2.45) is 0 Å². The summed E-state index contributed by atoms with van der Waals surface area (Å²) in [5.41, 5.74) is 7.23. The predicted molar refractivity (Wildman–Crippen MR) is 72.7 cm³/mol. The van der Waals surface area contributed by atoms with Gasteiger partial charge in [0, 0.05) is 5.69 Å². The van der Waals surface area contributed by atoms with E-state index in [1.165, 1.54) is 30.5 Å². The van der Waals surface area contributed by atoms with Crippen molar-refractivity contribution in [3.8, 4) is 0 Å². The van der Waals surface area contributed by atoms with Crippen LogP contribution in [0.25, 0.3) is 11.0 Å². The number of hydrogen-bond donors (Lipinski definition) is 3. The Morgan fingerprint density at radius 3 is 2.80 bits per heavy atom. The van der Waals surface area contributed by atoms with E-state index in [1.807, 2.05) is 0 Å². The molecule has 0 fully saturated rings. The Hall–Kier alpha value is -2.96. The fourth-order valence-electron chi connectivity index (χ4n) is 1.82. The summed E-state index contributed by atoms with van der Waals surface area (Å²) in [4.78, 5) is 16.1. The Morgan fingerprint density at radius 2 is 2.05 bits per heavy atom. The third-order valence-corrected chi connectivity index (χ3v) is 2.76. The molecule has 7 heteroatoms. The van der Waals surface area contributed by atoms with Gasteiger partial charge in [-0.15, -0.1) is 0 Å². The summed E-state index contributed by atoms with van der Waals surface area (Å²) in [6.45, 7) is 0. The number of halogens is 1. The van der Waals surface area contributed by atoms with Crippen molar-refractivity contribution in [1.82, 2.24) is 15.2 Å². The number of carbonyl (C=O) groups is 1. The third kappa shape index (κ3) is 2.16. The van der Waals surface area contributed by atoms with Crippen LogP contribution in [-0.2, 0) is 0 Å². The Labute approximate surface area is 112 Å². The maximum atomic E-state index is 12.8. The molecule has 0 unspecified atom stereocenters. The molecule has 0 aliphatic carbocycles. The molecular weight excluding hydrogens is 261 g/mol. The van der Waals surface area contributed by atoms with E-state index >= 15 is 0 Å². The molecule has 1 amide bonds. The lowest BCUT2D eigenvalue weighted by Crippen LogP contribution is -2.12. The lowest BCUT2D eigenvalue weighted by Gasteiger charge is -2.03. The van der Waals surface area contributed by atoms with Crippen molar-refractivity contribution in [1.29, 1.82) is 0 Å². The van der Waals surface area contributed by atoms with Gasteiger partial charge in [-0.2, -0.15) is 5.10 Å². The van der Waals surface area contributed by atoms with Gasteiger partial charge in [0.15, 0.2) is 5.65 Å². The molecule has 0 atom stereocenters. The molecule has 2 aromatic heterocycles. The molecular formula is C13H10FN5O. The molecule has 6 nitrogen and oxygen atoms in total. The Kier molecular flexibility index (Phi) is 2.79. The van der Waals surface area contributed by atoms with E-state index in [9.17, 15) is 9.18 Å². The summed E-state index contributed by atoms with van der Waals surface area (Å²) in [7, 11) is 0. The number of pyridine rings is 1. The van der Waals surface area contributed by atoms with Crippen LogP contribution in [0.5, 0.6) is 0 Å². The number of aromatic amines is 1. The second-order valence-corrected chi connectivity index (χ2v) is 4.20. The van der Waals surface area contributed by atoms with Gasteiger partial charge in [-0.25, -0.2) is 9.37 Å².